The van der Waals surface area contributed by atoms with Crippen molar-refractivity contribution in [3.05, 3.63) is 66.8 Å². The van der Waals surface area contributed by atoms with Crippen LogP contribution in [0.4, 0.5) is 11.4 Å². The molecule has 0 N–H and O–H groups in total. The van der Waals surface area contributed by atoms with Gasteiger partial charge in [-0.15, -0.1) is 0 Å². The van der Waals surface area contributed by atoms with Crippen molar-refractivity contribution in [1.29, 1.82) is 0 Å². The molecule has 39 heavy (non-hydrogen) atoms. The van der Waals surface area contributed by atoms with Gasteiger partial charge in [-0.05, 0) is 72.9 Å². The standard InChI is InChI=1S/C31H23N3O5/c35-28-23-15-1-2-16(11-15)24(23)29(36)33(28)19-7-5-14(6-8-19)27-32-21-10-9-20(13-22(21)39-27)34-30(37)25-17-3-4-18(12-17)26(25)31(34)38/h1-10,13,15-18,23-26H,11-12H2/t15-,16-,17-,18+,23-,24+,25-,26+/m0/s1. The van der Waals surface area contributed by atoms with Gasteiger partial charge in [0.2, 0.25) is 29.5 Å². The second-order valence-corrected chi connectivity index (χ2v) is 11.7. The van der Waals surface area contributed by atoms with E-state index in [0.29, 0.717) is 33.9 Å². The highest BCUT2D eigenvalue weighted by Crippen LogP contribution is 2.54. The lowest BCUT2D eigenvalue weighted by molar-refractivity contribution is -0.124. The number of amides is 4. The number of carbonyl (C=O) groups excluding carboxylic acids is 4. The van der Waals surface area contributed by atoms with Crippen LogP contribution in [0.1, 0.15) is 12.8 Å². The number of oxazole rings is 1. The summed E-state index contributed by atoms with van der Waals surface area (Å²) in [6.45, 7) is 0. The zero-order valence-corrected chi connectivity index (χ0v) is 20.8. The molecule has 192 valence electrons. The number of fused-ring (bicyclic) bond motifs is 11. The van der Waals surface area contributed by atoms with Gasteiger partial charge in [0.05, 0.1) is 35.0 Å². The number of allylic oxidation sites excluding steroid dienone is 4. The van der Waals surface area contributed by atoms with E-state index < -0.39 is 0 Å². The highest BCUT2D eigenvalue weighted by Gasteiger charge is 2.60. The molecule has 4 bridgehead atoms. The average molecular weight is 518 g/mol. The molecule has 2 saturated carbocycles. The third kappa shape index (κ3) is 2.66. The van der Waals surface area contributed by atoms with Crippen molar-refractivity contribution in [3.63, 3.8) is 0 Å². The van der Waals surface area contributed by atoms with Crippen molar-refractivity contribution in [2.24, 2.45) is 47.3 Å². The Morgan fingerprint density at radius 2 is 1.08 bits per heavy atom. The molecule has 4 amide bonds. The van der Waals surface area contributed by atoms with Gasteiger partial charge in [0.15, 0.2) is 5.58 Å². The van der Waals surface area contributed by atoms with Crippen LogP contribution in [0.25, 0.3) is 22.6 Å². The first kappa shape index (κ1) is 21.6. The fraction of sp³-hybridized carbons (Fsp3) is 0.323. The summed E-state index contributed by atoms with van der Waals surface area (Å²) in [7, 11) is 0. The zero-order valence-electron chi connectivity index (χ0n) is 20.8. The van der Waals surface area contributed by atoms with E-state index in [4.69, 9.17) is 4.42 Å². The Morgan fingerprint density at radius 3 is 1.59 bits per heavy atom. The van der Waals surface area contributed by atoms with E-state index in [1.165, 1.54) is 9.80 Å². The number of imide groups is 2. The van der Waals surface area contributed by atoms with Crippen LogP contribution in [-0.2, 0) is 19.2 Å². The molecule has 1 aromatic heterocycles. The summed E-state index contributed by atoms with van der Waals surface area (Å²) in [4.78, 5) is 59.9. The third-order valence-corrected chi connectivity index (χ3v) is 9.94. The van der Waals surface area contributed by atoms with Crippen LogP contribution in [-0.4, -0.2) is 28.6 Å². The van der Waals surface area contributed by atoms with Gasteiger partial charge < -0.3 is 4.42 Å². The SMILES string of the molecule is O=C1[C@@H]2[C@H](C(=O)N1c1ccc3nc(-c4ccc(N5C(=O)[C@@H]6[C@H](C5=O)[C@H]5C=C[C@H]6C5)cc4)oc3c1)[C@@H]1C=C[C@H]2C1. The van der Waals surface area contributed by atoms with Crippen LogP contribution in [0.3, 0.4) is 0 Å². The van der Waals surface area contributed by atoms with Crippen LogP contribution in [0.5, 0.6) is 0 Å². The van der Waals surface area contributed by atoms with E-state index in [1.807, 2.05) is 0 Å². The van der Waals surface area contributed by atoms with Crippen molar-refractivity contribution >= 4 is 46.1 Å². The van der Waals surface area contributed by atoms with Crippen LogP contribution < -0.4 is 9.80 Å². The van der Waals surface area contributed by atoms with Crippen molar-refractivity contribution in [2.75, 3.05) is 9.80 Å². The molecule has 0 spiro atoms. The van der Waals surface area contributed by atoms with E-state index in [0.717, 1.165) is 12.8 Å². The van der Waals surface area contributed by atoms with Crippen molar-refractivity contribution in [2.45, 2.75) is 12.8 Å². The Morgan fingerprint density at radius 1 is 0.615 bits per heavy atom. The van der Waals surface area contributed by atoms with Crippen LogP contribution in [0.15, 0.2) is 71.2 Å². The van der Waals surface area contributed by atoms with Gasteiger partial charge in [-0.25, -0.2) is 9.88 Å². The molecule has 6 aliphatic rings. The largest absolute Gasteiger partial charge is 0.436 e. The van der Waals surface area contributed by atoms with Crippen LogP contribution in [0.2, 0.25) is 0 Å². The second kappa shape index (κ2) is 7.20. The van der Waals surface area contributed by atoms with Gasteiger partial charge in [0.1, 0.15) is 5.52 Å². The van der Waals surface area contributed by atoms with E-state index >= 15 is 0 Å². The summed E-state index contributed by atoms with van der Waals surface area (Å²) in [6, 6.07) is 12.3. The summed E-state index contributed by atoms with van der Waals surface area (Å²) in [5.41, 5.74) is 2.85. The maximum atomic E-state index is 13.2. The normalized spacial score (nSPS) is 35.4. The van der Waals surface area contributed by atoms with E-state index in [-0.39, 0.29) is 71.0 Å². The Labute approximate surface area is 223 Å². The van der Waals surface area contributed by atoms with Gasteiger partial charge in [-0.2, -0.15) is 0 Å². The number of hydrogen-bond acceptors (Lipinski definition) is 6. The molecule has 3 aromatic rings. The lowest BCUT2D eigenvalue weighted by atomic mass is 9.85. The molecule has 2 saturated heterocycles. The number of hydrogen-bond donors (Lipinski definition) is 0. The summed E-state index contributed by atoms with van der Waals surface area (Å²) >= 11 is 0. The van der Waals surface area contributed by atoms with Gasteiger partial charge >= 0.3 is 0 Å². The monoisotopic (exact) mass is 517 g/mol. The molecule has 3 heterocycles. The topological polar surface area (TPSA) is 101 Å². The molecular weight excluding hydrogens is 494 g/mol. The van der Waals surface area contributed by atoms with Gasteiger partial charge in [0, 0.05) is 11.6 Å². The highest BCUT2D eigenvalue weighted by molar-refractivity contribution is 6.24. The van der Waals surface area contributed by atoms with Crippen LogP contribution in [0, 0.1) is 47.3 Å². The fourth-order valence-corrected chi connectivity index (χ4v) is 8.24. The summed E-state index contributed by atoms with van der Waals surface area (Å²) in [5.74, 6) is -0.435. The molecule has 8 heteroatoms. The molecule has 9 rings (SSSR count). The quantitative estimate of drug-likeness (QED) is 0.383. The maximum absolute atomic E-state index is 13.2. The lowest BCUT2D eigenvalue weighted by Gasteiger charge is -2.17. The number of rotatable bonds is 3. The van der Waals surface area contributed by atoms with E-state index in [9.17, 15) is 19.2 Å². The summed E-state index contributed by atoms with van der Waals surface area (Å²) < 4.78 is 6.05. The van der Waals surface area contributed by atoms with Gasteiger partial charge in [0.25, 0.3) is 0 Å². The first-order chi connectivity index (χ1) is 19.0. The van der Waals surface area contributed by atoms with Crippen molar-refractivity contribution in [3.8, 4) is 11.5 Å². The Balaban J connectivity index is 0.997. The Kier molecular flexibility index (Phi) is 3.98. The number of aromatic nitrogens is 1. The predicted octanol–water partition coefficient (Wildman–Crippen LogP) is 4.12. The first-order valence-electron chi connectivity index (χ1n) is 13.6. The minimum absolute atomic E-state index is 0.108. The Hall–Kier alpha value is -4.33. The summed E-state index contributed by atoms with van der Waals surface area (Å²) in [6.07, 6.45) is 10.1. The summed E-state index contributed by atoms with van der Waals surface area (Å²) in [5, 5.41) is 0. The molecule has 8 nitrogen and oxygen atoms in total. The molecule has 4 aliphatic carbocycles. The average Bonchev–Trinajstić information content (AvgIpc) is 3.79. The number of carbonyl (C=O) groups is 4. The zero-order chi connectivity index (χ0) is 26.2. The smallest absolute Gasteiger partial charge is 0.238 e. The Bertz CT molecular complexity index is 1660. The minimum atomic E-state index is -0.257. The molecule has 8 atom stereocenters. The molecule has 0 unspecified atom stereocenters. The number of benzene rings is 2. The van der Waals surface area contributed by atoms with Crippen molar-refractivity contribution < 1.29 is 23.6 Å². The van der Waals surface area contributed by atoms with E-state index in [1.54, 1.807) is 42.5 Å². The molecule has 4 fully saturated rings. The van der Waals surface area contributed by atoms with Gasteiger partial charge in [-0.1, -0.05) is 24.3 Å². The highest BCUT2D eigenvalue weighted by atomic mass is 16.3. The molecule has 2 aliphatic heterocycles. The van der Waals surface area contributed by atoms with Crippen molar-refractivity contribution in [1.82, 2.24) is 4.98 Å². The van der Waals surface area contributed by atoms with Gasteiger partial charge in [-0.3, -0.25) is 24.1 Å². The predicted molar refractivity (Wildman–Crippen MR) is 140 cm³/mol. The minimum Gasteiger partial charge on any atom is -0.436 e. The molecule has 2 aromatic carbocycles. The molecule has 0 radical (unpaired) electrons. The maximum Gasteiger partial charge on any atom is 0.238 e. The lowest BCUT2D eigenvalue weighted by Crippen LogP contribution is -2.32. The van der Waals surface area contributed by atoms with E-state index in [2.05, 4.69) is 29.3 Å². The first-order valence-corrected chi connectivity index (χ1v) is 13.6. The molecular formula is C31H23N3O5. The third-order valence-electron chi connectivity index (χ3n) is 9.94. The number of nitrogens with zero attached hydrogens (tertiary/aromatic N) is 3. The fourth-order valence-electron chi connectivity index (χ4n) is 8.24. The number of anilines is 2. The van der Waals surface area contributed by atoms with Crippen LogP contribution >= 0.6 is 0 Å². The second-order valence-electron chi connectivity index (χ2n) is 11.7.